The normalized spacial score (nSPS) is 11.9. The van der Waals surface area contributed by atoms with Gasteiger partial charge in [-0.1, -0.05) is 0 Å². The molecular formula is C16H21Cl2N3O3S. The fourth-order valence-corrected chi connectivity index (χ4v) is 3.05. The Labute approximate surface area is 162 Å². The van der Waals surface area contributed by atoms with E-state index < -0.39 is 0 Å². The monoisotopic (exact) mass is 405 g/mol. The number of carbonyl (C=O) groups excluding carboxylic acids is 1. The van der Waals surface area contributed by atoms with Crippen LogP contribution in [0.3, 0.4) is 0 Å². The predicted molar refractivity (Wildman–Crippen MR) is 104 cm³/mol. The molecule has 138 valence electrons. The van der Waals surface area contributed by atoms with Crippen LogP contribution >= 0.6 is 36.2 Å². The molecule has 3 N–H and O–H groups in total. The number of benzene rings is 1. The Kier molecular flexibility index (Phi) is 8.99. The number of ether oxygens (including phenoxy) is 2. The average Bonchev–Trinajstić information content (AvgIpc) is 3.08. The summed E-state index contributed by atoms with van der Waals surface area (Å²) in [5, 5.41) is 5.41. The molecule has 0 atom stereocenters. The standard InChI is InChI=1S/C16H19N3O3S.2ClH/c17-5-1-2-6-18-15(20)12-10-23-16(19-12)11-3-4-13-14(9-11)22-8-7-21-13;;/h3-4,9-10H,1-2,5-8,17H2,(H,18,20);2*1H. The first-order valence-electron chi connectivity index (χ1n) is 7.62. The molecule has 0 saturated heterocycles. The molecule has 1 aromatic heterocycles. The van der Waals surface area contributed by atoms with Crippen LogP contribution in [0.5, 0.6) is 11.5 Å². The Hall–Kier alpha value is -1.54. The van der Waals surface area contributed by atoms with E-state index in [1.807, 2.05) is 18.2 Å². The van der Waals surface area contributed by atoms with Crippen LogP contribution in [0, 0.1) is 0 Å². The van der Waals surface area contributed by atoms with Crippen LogP contribution in [0.25, 0.3) is 10.6 Å². The maximum Gasteiger partial charge on any atom is 0.270 e. The van der Waals surface area contributed by atoms with Crippen LogP contribution in [-0.4, -0.2) is 37.2 Å². The lowest BCUT2D eigenvalue weighted by molar-refractivity contribution is 0.0949. The molecule has 1 aliphatic rings. The second-order valence-corrected chi connectivity index (χ2v) is 6.01. The third-order valence-corrected chi connectivity index (χ3v) is 4.33. The summed E-state index contributed by atoms with van der Waals surface area (Å²) in [6.45, 7) is 2.37. The number of rotatable bonds is 6. The van der Waals surface area contributed by atoms with Crippen molar-refractivity contribution in [2.75, 3.05) is 26.3 Å². The molecule has 2 heterocycles. The lowest BCUT2D eigenvalue weighted by atomic mass is 10.2. The molecule has 0 spiro atoms. The van der Waals surface area contributed by atoms with E-state index >= 15 is 0 Å². The van der Waals surface area contributed by atoms with Gasteiger partial charge in [0.15, 0.2) is 11.5 Å². The first-order valence-corrected chi connectivity index (χ1v) is 8.49. The highest BCUT2D eigenvalue weighted by atomic mass is 35.5. The summed E-state index contributed by atoms with van der Waals surface area (Å²) in [6.07, 6.45) is 1.78. The number of hydrogen-bond donors (Lipinski definition) is 2. The number of fused-ring (bicyclic) bond motifs is 1. The summed E-state index contributed by atoms with van der Waals surface area (Å²) < 4.78 is 11.1. The summed E-state index contributed by atoms with van der Waals surface area (Å²) in [6, 6.07) is 5.70. The Bertz CT molecular complexity index is 697. The number of nitrogens with zero attached hydrogens (tertiary/aromatic N) is 1. The molecule has 1 aromatic carbocycles. The van der Waals surface area contributed by atoms with E-state index in [9.17, 15) is 4.79 Å². The summed E-state index contributed by atoms with van der Waals surface area (Å²) in [5.74, 6) is 1.31. The van der Waals surface area contributed by atoms with E-state index in [2.05, 4.69) is 10.3 Å². The summed E-state index contributed by atoms with van der Waals surface area (Å²) >= 11 is 1.44. The van der Waals surface area contributed by atoms with Gasteiger partial charge < -0.3 is 20.5 Å². The van der Waals surface area contributed by atoms with Crippen LogP contribution in [-0.2, 0) is 0 Å². The van der Waals surface area contributed by atoms with Gasteiger partial charge in [-0.2, -0.15) is 0 Å². The average molecular weight is 406 g/mol. The number of thiazole rings is 1. The zero-order chi connectivity index (χ0) is 16.1. The Balaban J connectivity index is 0.00000156. The van der Waals surface area contributed by atoms with Gasteiger partial charge in [-0.15, -0.1) is 36.2 Å². The molecule has 0 saturated carbocycles. The SMILES string of the molecule is Cl.Cl.NCCCCNC(=O)c1csc(-c2ccc3c(c2)OCCO3)n1. The van der Waals surface area contributed by atoms with Crippen LogP contribution in [0.4, 0.5) is 0 Å². The number of aromatic nitrogens is 1. The van der Waals surface area contributed by atoms with Crippen molar-refractivity contribution in [2.24, 2.45) is 5.73 Å². The fraction of sp³-hybridized carbons (Fsp3) is 0.375. The first kappa shape index (κ1) is 21.5. The number of halogens is 2. The van der Waals surface area contributed by atoms with E-state index in [0.29, 0.717) is 32.0 Å². The molecule has 0 aliphatic carbocycles. The zero-order valence-corrected chi connectivity index (χ0v) is 16.0. The van der Waals surface area contributed by atoms with Crippen LogP contribution < -0.4 is 20.5 Å². The largest absolute Gasteiger partial charge is 0.486 e. The van der Waals surface area contributed by atoms with Crippen molar-refractivity contribution in [1.82, 2.24) is 10.3 Å². The molecule has 2 aromatic rings. The van der Waals surface area contributed by atoms with Crippen molar-refractivity contribution >= 4 is 42.1 Å². The van der Waals surface area contributed by atoms with Gasteiger partial charge in [-0.05, 0) is 37.6 Å². The van der Waals surface area contributed by atoms with E-state index in [0.717, 1.165) is 34.9 Å². The molecule has 1 amide bonds. The maximum absolute atomic E-state index is 12.0. The highest BCUT2D eigenvalue weighted by Gasteiger charge is 2.15. The molecule has 0 unspecified atom stereocenters. The summed E-state index contributed by atoms with van der Waals surface area (Å²) in [4.78, 5) is 16.5. The second-order valence-electron chi connectivity index (χ2n) is 5.15. The number of nitrogens with two attached hydrogens (primary N) is 1. The molecule has 0 radical (unpaired) electrons. The van der Waals surface area contributed by atoms with E-state index in [1.165, 1.54) is 11.3 Å². The van der Waals surface area contributed by atoms with Gasteiger partial charge in [0.05, 0.1) is 0 Å². The zero-order valence-electron chi connectivity index (χ0n) is 13.5. The lowest BCUT2D eigenvalue weighted by Gasteiger charge is -2.18. The highest BCUT2D eigenvalue weighted by molar-refractivity contribution is 7.13. The predicted octanol–water partition coefficient (Wildman–Crippen LogP) is 2.89. The van der Waals surface area contributed by atoms with E-state index in [4.69, 9.17) is 15.2 Å². The minimum absolute atomic E-state index is 0. The van der Waals surface area contributed by atoms with Crippen molar-refractivity contribution in [3.63, 3.8) is 0 Å². The van der Waals surface area contributed by atoms with Crippen molar-refractivity contribution in [3.8, 4) is 22.1 Å². The Morgan fingerprint density at radius 1 is 1.20 bits per heavy atom. The summed E-state index contributed by atoms with van der Waals surface area (Å²) in [7, 11) is 0. The van der Waals surface area contributed by atoms with Gasteiger partial charge in [-0.25, -0.2) is 4.98 Å². The molecule has 25 heavy (non-hydrogen) atoms. The topological polar surface area (TPSA) is 86.5 Å². The van der Waals surface area contributed by atoms with Crippen molar-refractivity contribution in [2.45, 2.75) is 12.8 Å². The number of amides is 1. The molecule has 0 fully saturated rings. The van der Waals surface area contributed by atoms with Gasteiger partial charge >= 0.3 is 0 Å². The molecule has 0 bridgehead atoms. The minimum atomic E-state index is -0.151. The van der Waals surface area contributed by atoms with Crippen LogP contribution in [0.15, 0.2) is 23.6 Å². The molecule has 3 rings (SSSR count). The minimum Gasteiger partial charge on any atom is -0.486 e. The van der Waals surface area contributed by atoms with E-state index in [1.54, 1.807) is 5.38 Å². The van der Waals surface area contributed by atoms with Crippen LogP contribution in [0.2, 0.25) is 0 Å². The quantitative estimate of drug-likeness (QED) is 0.721. The number of hydrogen-bond acceptors (Lipinski definition) is 6. The smallest absolute Gasteiger partial charge is 0.270 e. The number of carbonyl (C=O) groups is 1. The second kappa shape index (κ2) is 10.5. The molecular weight excluding hydrogens is 385 g/mol. The maximum atomic E-state index is 12.0. The molecule has 9 heteroatoms. The number of unbranched alkanes of at least 4 members (excludes halogenated alkanes) is 1. The number of nitrogens with one attached hydrogen (secondary N) is 1. The molecule has 6 nitrogen and oxygen atoms in total. The highest BCUT2D eigenvalue weighted by Crippen LogP contribution is 2.35. The van der Waals surface area contributed by atoms with Gasteiger partial charge in [-0.3, -0.25) is 4.79 Å². The fourth-order valence-electron chi connectivity index (χ4n) is 2.25. The van der Waals surface area contributed by atoms with Crippen molar-refractivity contribution in [1.29, 1.82) is 0 Å². The van der Waals surface area contributed by atoms with Crippen molar-refractivity contribution < 1.29 is 14.3 Å². The molecule has 1 aliphatic heterocycles. The van der Waals surface area contributed by atoms with Gasteiger partial charge in [0.2, 0.25) is 0 Å². The first-order chi connectivity index (χ1) is 11.3. The Morgan fingerprint density at radius 2 is 1.96 bits per heavy atom. The third-order valence-electron chi connectivity index (χ3n) is 3.44. The lowest BCUT2D eigenvalue weighted by Crippen LogP contribution is -2.25. The van der Waals surface area contributed by atoms with E-state index in [-0.39, 0.29) is 30.7 Å². The van der Waals surface area contributed by atoms with Gasteiger partial charge in [0.25, 0.3) is 5.91 Å². The van der Waals surface area contributed by atoms with Gasteiger partial charge in [0, 0.05) is 17.5 Å². The van der Waals surface area contributed by atoms with Gasteiger partial charge in [0.1, 0.15) is 23.9 Å². The van der Waals surface area contributed by atoms with Crippen molar-refractivity contribution in [3.05, 3.63) is 29.3 Å². The van der Waals surface area contributed by atoms with Crippen LogP contribution in [0.1, 0.15) is 23.3 Å². The Morgan fingerprint density at radius 3 is 2.72 bits per heavy atom. The summed E-state index contributed by atoms with van der Waals surface area (Å²) in [5.41, 5.74) is 6.79. The third kappa shape index (κ3) is 5.47.